The quantitative estimate of drug-likeness (QED) is 0.783. The number of nitrogens with one attached hydrogen (secondary N) is 1. The molecule has 0 heterocycles. The Bertz CT molecular complexity index is 360. The van der Waals surface area contributed by atoms with Gasteiger partial charge in [0.25, 0.3) is 0 Å². The van der Waals surface area contributed by atoms with Crippen LogP contribution in [0.15, 0.2) is 36.4 Å². The van der Waals surface area contributed by atoms with Gasteiger partial charge in [0.2, 0.25) is 0 Å². The average Bonchev–Trinajstić information content (AvgIpc) is 2.31. The zero-order chi connectivity index (χ0) is 11.2. The third-order valence-electron chi connectivity index (χ3n) is 2.78. The van der Waals surface area contributed by atoms with E-state index in [1.807, 2.05) is 13.1 Å². The van der Waals surface area contributed by atoms with Gasteiger partial charge in [-0.05, 0) is 50.1 Å². The number of ether oxygens (including phenoxy) is 1. The van der Waals surface area contributed by atoms with Gasteiger partial charge in [0.15, 0.2) is 0 Å². The third-order valence-corrected chi connectivity index (χ3v) is 2.78. The normalized spacial score (nSPS) is 19.7. The highest BCUT2D eigenvalue weighted by molar-refractivity contribution is 5.29. The number of benzene rings is 1. The van der Waals surface area contributed by atoms with Gasteiger partial charge in [0, 0.05) is 6.54 Å². The Morgan fingerprint density at radius 3 is 3.12 bits per heavy atom. The average molecular weight is 217 g/mol. The van der Waals surface area contributed by atoms with E-state index < -0.39 is 0 Å². The summed E-state index contributed by atoms with van der Waals surface area (Å²) in [5.41, 5.74) is 1.26. The first-order chi connectivity index (χ1) is 7.88. The second-order valence-electron chi connectivity index (χ2n) is 4.19. The highest BCUT2D eigenvalue weighted by atomic mass is 16.5. The lowest BCUT2D eigenvalue weighted by molar-refractivity contribution is 0.229. The standard InChI is InChI=1S/C14H19NO/c1-15-11-12-6-5-9-14(10-12)16-13-7-3-2-4-8-13/h3,5-7,9-10,13,15H,2,4,8,11H2,1H3. The molecule has 1 aromatic carbocycles. The maximum absolute atomic E-state index is 5.93. The SMILES string of the molecule is CNCc1cccc(OC2C=CCCC2)c1. The molecule has 2 nitrogen and oxygen atoms in total. The van der Waals surface area contributed by atoms with Crippen LogP contribution in [0.3, 0.4) is 0 Å². The third kappa shape index (κ3) is 3.11. The van der Waals surface area contributed by atoms with Crippen LogP contribution < -0.4 is 10.1 Å². The van der Waals surface area contributed by atoms with E-state index in [0.717, 1.165) is 18.7 Å². The summed E-state index contributed by atoms with van der Waals surface area (Å²) in [6.45, 7) is 0.887. The van der Waals surface area contributed by atoms with Crippen molar-refractivity contribution in [2.24, 2.45) is 0 Å². The van der Waals surface area contributed by atoms with E-state index in [-0.39, 0.29) is 6.10 Å². The summed E-state index contributed by atoms with van der Waals surface area (Å²) in [4.78, 5) is 0. The Morgan fingerprint density at radius 2 is 2.38 bits per heavy atom. The van der Waals surface area contributed by atoms with Gasteiger partial charge in [-0.3, -0.25) is 0 Å². The molecule has 1 aliphatic rings. The van der Waals surface area contributed by atoms with Crippen molar-refractivity contribution in [3.8, 4) is 5.75 Å². The monoisotopic (exact) mass is 217 g/mol. The van der Waals surface area contributed by atoms with Crippen LogP contribution in [-0.4, -0.2) is 13.2 Å². The van der Waals surface area contributed by atoms with Gasteiger partial charge >= 0.3 is 0 Å². The molecule has 1 atom stereocenters. The van der Waals surface area contributed by atoms with Gasteiger partial charge in [0.1, 0.15) is 11.9 Å². The first-order valence-corrected chi connectivity index (χ1v) is 5.95. The molecule has 0 aromatic heterocycles. The van der Waals surface area contributed by atoms with Gasteiger partial charge in [0.05, 0.1) is 0 Å². The smallest absolute Gasteiger partial charge is 0.120 e. The molecule has 1 N–H and O–H groups in total. The minimum absolute atomic E-state index is 0.263. The van der Waals surface area contributed by atoms with Crippen LogP contribution in [0.25, 0.3) is 0 Å². The predicted molar refractivity (Wildman–Crippen MR) is 66.6 cm³/mol. The van der Waals surface area contributed by atoms with Crippen molar-refractivity contribution in [1.29, 1.82) is 0 Å². The molecule has 0 spiro atoms. The molecule has 1 aromatic rings. The molecule has 0 fully saturated rings. The first kappa shape index (κ1) is 11.2. The largest absolute Gasteiger partial charge is 0.486 e. The van der Waals surface area contributed by atoms with Crippen LogP contribution in [0.2, 0.25) is 0 Å². The van der Waals surface area contributed by atoms with Crippen molar-refractivity contribution in [1.82, 2.24) is 5.32 Å². The van der Waals surface area contributed by atoms with Crippen molar-refractivity contribution in [2.75, 3.05) is 7.05 Å². The van der Waals surface area contributed by atoms with Crippen molar-refractivity contribution in [3.05, 3.63) is 42.0 Å². The molecule has 0 saturated carbocycles. The maximum atomic E-state index is 5.93. The number of hydrogen-bond donors (Lipinski definition) is 1. The van der Waals surface area contributed by atoms with E-state index in [0.29, 0.717) is 0 Å². The molecule has 1 aliphatic carbocycles. The van der Waals surface area contributed by atoms with Crippen LogP contribution in [0, 0.1) is 0 Å². The molecular formula is C14H19NO. The first-order valence-electron chi connectivity index (χ1n) is 5.95. The Kier molecular flexibility index (Phi) is 4.00. The van der Waals surface area contributed by atoms with Crippen molar-refractivity contribution in [3.63, 3.8) is 0 Å². The zero-order valence-electron chi connectivity index (χ0n) is 9.78. The second kappa shape index (κ2) is 5.71. The molecule has 0 amide bonds. The lowest BCUT2D eigenvalue weighted by atomic mass is 10.1. The van der Waals surface area contributed by atoms with Crippen LogP contribution in [0.5, 0.6) is 5.75 Å². The van der Waals surface area contributed by atoms with Crippen LogP contribution >= 0.6 is 0 Å². The molecule has 0 radical (unpaired) electrons. The fourth-order valence-corrected chi connectivity index (χ4v) is 1.99. The lowest BCUT2D eigenvalue weighted by Gasteiger charge is -2.18. The highest BCUT2D eigenvalue weighted by Crippen LogP contribution is 2.19. The number of hydrogen-bond acceptors (Lipinski definition) is 2. The van der Waals surface area contributed by atoms with Crippen LogP contribution in [0.1, 0.15) is 24.8 Å². The Morgan fingerprint density at radius 1 is 1.44 bits per heavy atom. The van der Waals surface area contributed by atoms with E-state index in [1.54, 1.807) is 0 Å². The van der Waals surface area contributed by atoms with E-state index in [9.17, 15) is 0 Å². The summed E-state index contributed by atoms with van der Waals surface area (Å²) in [7, 11) is 1.96. The Labute approximate surface area is 97.3 Å². The highest BCUT2D eigenvalue weighted by Gasteiger charge is 2.09. The Hall–Kier alpha value is -1.28. The topological polar surface area (TPSA) is 21.3 Å². The van der Waals surface area contributed by atoms with E-state index >= 15 is 0 Å². The Balaban J connectivity index is 2.00. The van der Waals surface area contributed by atoms with Gasteiger partial charge in [-0.15, -0.1) is 0 Å². The molecule has 86 valence electrons. The minimum Gasteiger partial charge on any atom is -0.486 e. The minimum atomic E-state index is 0.263. The summed E-state index contributed by atoms with van der Waals surface area (Å²) in [5, 5.41) is 3.15. The molecule has 2 heteroatoms. The lowest BCUT2D eigenvalue weighted by Crippen LogP contribution is -2.15. The van der Waals surface area contributed by atoms with Crippen LogP contribution in [-0.2, 0) is 6.54 Å². The van der Waals surface area contributed by atoms with Gasteiger partial charge in [-0.2, -0.15) is 0 Å². The fourth-order valence-electron chi connectivity index (χ4n) is 1.99. The van der Waals surface area contributed by atoms with E-state index in [2.05, 4.69) is 35.7 Å². The number of rotatable bonds is 4. The van der Waals surface area contributed by atoms with Crippen molar-refractivity contribution in [2.45, 2.75) is 31.9 Å². The molecule has 2 rings (SSSR count). The molecule has 16 heavy (non-hydrogen) atoms. The molecular weight excluding hydrogens is 198 g/mol. The summed E-state index contributed by atoms with van der Waals surface area (Å²) >= 11 is 0. The van der Waals surface area contributed by atoms with E-state index in [4.69, 9.17) is 4.74 Å². The maximum Gasteiger partial charge on any atom is 0.120 e. The zero-order valence-corrected chi connectivity index (χ0v) is 9.78. The molecule has 0 aliphatic heterocycles. The van der Waals surface area contributed by atoms with E-state index in [1.165, 1.54) is 18.4 Å². The predicted octanol–water partition coefficient (Wildman–Crippen LogP) is 2.89. The van der Waals surface area contributed by atoms with Crippen molar-refractivity contribution >= 4 is 0 Å². The van der Waals surface area contributed by atoms with Crippen LogP contribution in [0.4, 0.5) is 0 Å². The molecule has 1 unspecified atom stereocenters. The summed E-state index contributed by atoms with van der Waals surface area (Å²) in [6.07, 6.45) is 8.21. The summed E-state index contributed by atoms with van der Waals surface area (Å²) in [5.74, 6) is 0.976. The number of allylic oxidation sites excluding steroid dienone is 1. The van der Waals surface area contributed by atoms with Crippen molar-refractivity contribution < 1.29 is 4.74 Å². The fraction of sp³-hybridized carbons (Fsp3) is 0.429. The molecule has 0 bridgehead atoms. The summed E-state index contributed by atoms with van der Waals surface area (Å²) < 4.78 is 5.93. The van der Waals surface area contributed by atoms with Gasteiger partial charge in [-0.25, -0.2) is 0 Å². The van der Waals surface area contributed by atoms with Gasteiger partial charge in [-0.1, -0.05) is 18.2 Å². The second-order valence-corrected chi connectivity index (χ2v) is 4.19. The van der Waals surface area contributed by atoms with Gasteiger partial charge < -0.3 is 10.1 Å². The molecule has 0 saturated heterocycles. The summed E-state index contributed by atoms with van der Waals surface area (Å²) in [6, 6.07) is 8.30.